The predicted octanol–water partition coefficient (Wildman–Crippen LogP) is 19.6. The lowest BCUT2D eigenvalue weighted by Gasteiger charge is -2.18. The van der Waals surface area contributed by atoms with Gasteiger partial charge in [0.1, 0.15) is 13.2 Å². The smallest absolute Gasteiger partial charge is 0.306 e. The molecule has 1 unspecified atom stereocenters. The van der Waals surface area contributed by atoms with Crippen molar-refractivity contribution in [1.82, 2.24) is 0 Å². The van der Waals surface area contributed by atoms with Crippen molar-refractivity contribution in [1.29, 1.82) is 0 Å². The monoisotopic (exact) mass is 983 g/mol. The summed E-state index contributed by atoms with van der Waals surface area (Å²) in [5.41, 5.74) is 0. The molecule has 0 spiro atoms. The summed E-state index contributed by atoms with van der Waals surface area (Å²) in [5.74, 6) is -0.961. The van der Waals surface area contributed by atoms with Gasteiger partial charge in [0.05, 0.1) is 0 Å². The van der Waals surface area contributed by atoms with Gasteiger partial charge in [-0.1, -0.05) is 226 Å². The van der Waals surface area contributed by atoms with Crippen LogP contribution in [0.1, 0.15) is 252 Å². The largest absolute Gasteiger partial charge is 0.462 e. The van der Waals surface area contributed by atoms with Gasteiger partial charge in [-0.2, -0.15) is 0 Å². The molecule has 0 radical (unpaired) electrons. The van der Waals surface area contributed by atoms with Crippen LogP contribution in [0.3, 0.4) is 0 Å². The van der Waals surface area contributed by atoms with E-state index in [0.717, 1.165) is 128 Å². The molecule has 0 saturated carbocycles. The van der Waals surface area contributed by atoms with Crippen LogP contribution in [0.5, 0.6) is 0 Å². The fourth-order valence-corrected chi connectivity index (χ4v) is 7.63. The molecule has 0 rings (SSSR count). The molecule has 0 aliphatic carbocycles. The maximum atomic E-state index is 12.8. The quantitative estimate of drug-likeness (QED) is 0.0261. The fraction of sp³-hybridized carbons (Fsp3) is 0.646. The summed E-state index contributed by atoms with van der Waals surface area (Å²) in [6, 6.07) is 0. The number of ether oxygens (including phenoxy) is 3. The molecule has 0 heterocycles. The molecule has 1 atom stereocenters. The Morgan fingerprint density at radius 2 is 0.549 bits per heavy atom. The molecule has 0 saturated heterocycles. The third-order valence-electron chi connectivity index (χ3n) is 11.9. The number of unbranched alkanes of at least 4 members (excludes halogenated alkanes) is 20. The van der Waals surface area contributed by atoms with E-state index in [-0.39, 0.29) is 37.5 Å². The van der Waals surface area contributed by atoms with Gasteiger partial charge < -0.3 is 14.2 Å². The first-order chi connectivity index (χ1) is 35.0. The number of rotatable bonds is 51. The first-order valence-electron chi connectivity index (χ1n) is 29.0. The Kier molecular flexibility index (Phi) is 54.9. The number of allylic oxidation sites excluding steroid dienone is 20. The molecular weight excluding hydrogens is 877 g/mol. The minimum atomic E-state index is -0.809. The van der Waals surface area contributed by atoms with Crippen LogP contribution in [0.4, 0.5) is 0 Å². The number of carbonyl (C=O) groups excluding carboxylic acids is 3. The van der Waals surface area contributed by atoms with Gasteiger partial charge in [0.15, 0.2) is 6.10 Å². The highest BCUT2D eigenvalue weighted by atomic mass is 16.6. The topological polar surface area (TPSA) is 78.9 Å². The van der Waals surface area contributed by atoms with Gasteiger partial charge in [-0.15, -0.1) is 0 Å². The van der Waals surface area contributed by atoms with E-state index in [1.54, 1.807) is 0 Å². The fourth-order valence-electron chi connectivity index (χ4n) is 7.63. The van der Waals surface area contributed by atoms with Crippen LogP contribution in [0.2, 0.25) is 0 Å². The van der Waals surface area contributed by atoms with Crippen LogP contribution in [0.15, 0.2) is 122 Å². The number of hydrogen-bond donors (Lipinski definition) is 0. The molecule has 402 valence electrons. The van der Waals surface area contributed by atoms with Crippen LogP contribution in [-0.4, -0.2) is 37.2 Å². The van der Waals surface area contributed by atoms with E-state index < -0.39 is 6.10 Å². The number of esters is 3. The van der Waals surface area contributed by atoms with Gasteiger partial charge in [-0.25, -0.2) is 0 Å². The Morgan fingerprint density at radius 3 is 0.901 bits per heavy atom. The van der Waals surface area contributed by atoms with E-state index >= 15 is 0 Å². The first kappa shape index (κ1) is 66.8. The number of carbonyl (C=O) groups is 3. The zero-order valence-electron chi connectivity index (χ0n) is 45.9. The Morgan fingerprint density at radius 1 is 0.296 bits per heavy atom. The highest BCUT2D eigenvalue weighted by Crippen LogP contribution is 2.14. The van der Waals surface area contributed by atoms with E-state index in [4.69, 9.17) is 14.2 Å². The number of hydrogen-bond acceptors (Lipinski definition) is 6. The van der Waals surface area contributed by atoms with Crippen LogP contribution < -0.4 is 0 Å². The SMILES string of the molecule is CC/C=C\C/C=C\C/C=C\C/C=C\C/C=C\CCCCCCCCCCCC(=O)OCC(COC(=O)CCCCCCC/C=C\CCCCCC)OC(=O)CCCC/C=C\C/C=C\C/C=C\C/C=C\CC. The highest BCUT2D eigenvalue weighted by molar-refractivity contribution is 5.71. The molecule has 0 aromatic heterocycles. The third-order valence-corrected chi connectivity index (χ3v) is 11.9. The van der Waals surface area contributed by atoms with E-state index in [1.807, 2.05) is 0 Å². The van der Waals surface area contributed by atoms with Gasteiger partial charge in [-0.3, -0.25) is 14.4 Å². The third kappa shape index (κ3) is 56.6. The molecule has 0 aliphatic rings. The van der Waals surface area contributed by atoms with Crippen LogP contribution in [0, 0.1) is 0 Å². The molecule has 0 aliphatic heterocycles. The highest BCUT2D eigenvalue weighted by Gasteiger charge is 2.19. The molecule has 0 fully saturated rings. The Balaban J connectivity index is 4.39. The minimum Gasteiger partial charge on any atom is -0.462 e. The van der Waals surface area contributed by atoms with Gasteiger partial charge in [0.2, 0.25) is 0 Å². The summed E-state index contributed by atoms with van der Waals surface area (Å²) in [6.07, 6.45) is 80.5. The molecule has 0 aromatic rings. The first-order valence-corrected chi connectivity index (χ1v) is 29.0. The van der Waals surface area contributed by atoms with Crippen LogP contribution in [-0.2, 0) is 28.6 Å². The Hall–Kier alpha value is -4.19. The average molecular weight is 984 g/mol. The standard InChI is InChI=1S/C65H106O6/c1-4-7-10-13-16-19-22-25-27-28-29-30-31-32-33-34-35-36-38-40-43-46-49-52-55-58-64(67)70-61-62(60-69-63(66)57-54-51-48-45-42-39-24-21-18-15-12-9-6-3)71-65(68)59-56-53-50-47-44-41-37-26-23-20-17-14-11-8-5-2/h7-8,10-11,16-17,19-21,24-27,29-30,32-33,37,44,47,62H,4-6,9,12-15,18,22-23,28,31,34-36,38-43,45-46,48-61H2,1-3H3/b10-7-,11-8-,19-16-,20-17-,24-21-,27-25-,30-29-,33-32-,37-26-,47-44-. The van der Waals surface area contributed by atoms with E-state index in [2.05, 4.69) is 142 Å². The van der Waals surface area contributed by atoms with Crippen LogP contribution in [0.25, 0.3) is 0 Å². The van der Waals surface area contributed by atoms with Crippen molar-refractivity contribution in [3.05, 3.63) is 122 Å². The molecule has 0 bridgehead atoms. The normalized spacial score (nSPS) is 13.0. The second-order valence-corrected chi connectivity index (χ2v) is 18.8. The molecule has 0 N–H and O–H groups in total. The molecule has 6 nitrogen and oxygen atoms in total. The Bertz CT molecular complexity index is 1500. The van der Waals surface area contributed by atoms with Crippen molar-refractivity contribution < 1.29 is 28.6 Å². The van der Waals surface area contributed by atoms with Gasteiger partial charge in [0, 0.05) is 19.3 Å². The van der Waals surface area contributed by atoms with E-state index in [9.17, 15) is 14.4 Å². The molecular formula is C65H106O6. The van der Waals surface area contributed by atoms with Crippen molar-refractivity contribution in [2.45, 2.75) is 258 Å². The molecule has 71 heavy (non-hydrogen) atoms. The average Bonchev–Trinajstić information content (AvgIpc) is 3.37. The molecule has 0 aromatic carbocycles. The van der Waals surface area contributed by atoms with Crippen molar-refractivity contribution in [2.75, 3.05) is 13.2 Å². The van der Waals surface area contributed by atoms with Gasteiger partial charge in [-0.05, 0) is 128 Å². The van der Waals surface area contributed by atoms with Crippen molar-refractivity contribution >= 4 is 17.9 Å². The zero-order chi connectivity index (χ0) is 51.4. The summed E-state index contributed by atoms with van der Waals surface area (Å²) in [6.45, 7) is 6.35. The summed E-state index contributed by atoms with van der Waals surface area (Å²) in [7, 11) is 0. The predicted molar refractivity (Wildman–Crippen MR) is 306 cm³/mol. The molecule has 6 heteroatoms. The second-order valence-electron chi connectivity index (χ2n) is 18.8. The second kappa shape index (κ2) is 58.4. The summed E-state index contributed by atoms with van der Waals surface area (Å²) in [5, 5.41) is 0. The minimum absolute atomic E-state index is 0.103. The summed E-state index contributed by atoms with van der Waals surface area (Å²) in [4.78, 5) is 38.1. The lowest BCUT2D eigenvalue weighted by Crippen LogP contribution is -2.30. The van der Waals surface area contributed by atoms with Crippen molar-refractivity contribution in [2.24, 2.45) is 0 Å². The van der Waals surface area contributed by atoms with Gasteiger partial charge in [0.25, 0.3) is 0 Å². The van der Waals surface area contributed by atoms with Gasteiger partial charge >= 0.3 is 17.9 Å². The van der Waals surface area contributed by atoms with E-state index in [1.165, 1.54) is 77.0 Å². The summed E-state index contributed by atoms with van der Waals surface area (Å²) < 4.78 is 16.8. The maximum absolute atomic E-state index is 12.8. The lowest BCUT2D eigenvalue weighted by atomic mass is 10.1. The van der Waals surface area contributed by atoms with Crippen LogP contribution >= 0.6 is 0 Å². The van der Waals surface area contributed by atoms with Crippen molar-refractivity contribution in [3.63, 3.8) is 0 Å². The summed E-state index contributed by atoms with van der Waals surface area (Å²) >= 11 is 0. The lowest BCUT2D eigenvalue weighted by molar-refractivity contribution is -0.167. The maximum Gasteiger partial charge on any atom is 0.306 e. The molecule has 0 amide bonds. The zero-order valence-corrected chi connectivity index (χ0v) is 45.9. The van der Waals surface area contributed by atoms with Crippen molar-refractivity contribution in [3.8, 4) is 0 Å². The Labute approximate surface area is 437 Å². The van der Waals surface area contributed by atoms with E-state index in [0.29, 0.717) is 19.3 Å².